The molecule has 2 amide bonds. The minimum atomic E-state index is -0.0719. The Hall–Kier alpha value is -2.24. The number of benzene rings is 1. The van der Waals surface area contributed by atoms with Gasteiger partial charge < -0.3 is 20.4 Å². The number of nitrogens with zero attached hydrogens (tertiary/aromatic N) is 2. The third-order valence-corrected chi connectivity index (χ3v) is 4.88. The van der Waals surface area contributed by atoms with Crippen molar-refractivity contribution in [1.82, 2.24) is 0 Å². The number of anilines is 4. The van der Waals surface area contributed by atoms with Gasteiger partial charge in [-0.15, -0.1) is 0 Å². The molecule has 0 unspecified atom stereocenters. The molecule has 2 fully saturated rings. The molecule has 1 aromatic rings. The summed E-state index contributed by atoms with van der Waals surface area (Å²) < 4.78 is 0. The number of piperidine rings is 1. The van der Waals surface area contributed by atoms with Gasteiger partial charge in [0.05, 0.1) is 22.7 Å². The summed E-state index contributed by atoms with van der Waals surface area (Å²) in [5.74, 6) is -0.143. The van der Waals surface area contributed by atoms with Crippen LogP contribution in [0.4, 0.5) is 22.7 Å². The summed E-state index contributed by atoms with van der Waals surface area (Å²) >= 11 is 0. The standard InChI is InChI=1S/C19H28N4O2/c1-14(24)20-16-13-19(23-10-6-7-11-23)17(21-15(2)25)12-18(16)22-8-4-3-5-9-22/h12-13H,3-11H2,1-2H3,(H,20,24)(H,21,25). The van der Waals surface area contributed by atoms with Crippen LogP contribution in [0.1, 0.15) is 46.0 Å². The van der Waals surface area contributed by atoms with Gasteiger partial charge in [-0.25, -0.2) is 0 Å². The van der Waals surface area contributed by atoms with Crippen LogP contribution in [0.5, 0.6) is 0 Å². The number of hydrogen-bond acceptors (Lipinski definition) is 4. The molecule has 2 heterocycles. The van der Waals surface area contributed by atoms with Crippen LogP contribution in [-0.4, -0.2) is 38.0 Å². The van der Waals surface area contributed by atoms with Crippen molar-refractivity contribution in [2.45, 2.75) is 46.0 Å². The molecule has 6 heteroatoms. The zero-order chi connectivity index (χ0) is 17.8. The Kier molecular flexibility index (Phi) is 5.46. The average molecular weight is 344 g/mol. The number of rotatable bonds is 4. The minimum Gasteiger partial charge on any atom is -0.370 e. The SMILES string of the molecule is CC(=O)Nc1cc(N2CCCC2)c(NC(C)=O)cc1N1CCCCC1. The van der Waals surface area contributed by atoms with E-state index in [9.17, 15) is 9.59 Å². The number of hydrogen-bond donors (Lipinski definition) is 2. The van der Waals surface area contributed by atoms with Crippen molar-refractivity contribution >= 4 is 34.6 Å². The molecular weight excluding hydrogens is 316 g/mol. The van der Waals surface area contributed by atoms with Gasteiger partial charge in [0.25, 0.3) is 0 Å². The number of nitrogens with one attached hydrogen (secondary N) is 2. The maximum Gasteiger partial charge on any atom is 0.221 e. The highest BCUT2D eigenvalue weighted by molar-refractivity contribution is 5.99. The summed E-state index contributed by atoms with van der Waals surface area (Å²) in [6.07, 6.45) is 5.87. The van der Waals surface area contributed by atoms with E-state index < -0.39 is 0 Å². The van der Waals surface area contributed by atoms with Gasteiger partial charge in [0, 0.05) is 40.0 Å². The molecule has 1 aromatic carbocycles. The Morgan fingerprint density at radius 2 is 1.08 bits per heavy atom. The Bertz CT molecular complexity index is 647. The summed E-state index contributed by atoms with van der Waals surface area (Å²) in [5.41, 5.74) is 3.67. The van der Waals surface area contributed by atoms with Crippen molar-refractivity contribution < 1.29 is 9.59 Å². The van der Waals surface area contributed by atoms with E-state index in [1.54, 1.807) is 0 Å². The quantitative estimate of drug-likeness (QED) is 0.880. The molecule has 2 N–H and O–H groups in total. The third kappa shape index (κ3) is 4.24. The molecule has 25 heavy (non-hydrogen) atoms. The number of amides is 2. The van der Waals surface area contributed by atoms with Gasteiger partial charge in [-0.2, -0.15) is 0 Å². The average Bonchev–Trinajstić information content (AvgIpc) is 3.10. The molecule has 0 aliphatic carbocycles. The summed E-state index contributed by atoms with van der Waals surface area (Å²) in [4.78, 5) is 28.0. The molecule has 2 aliphatic rings. The van der Waals surface area contributed by atoms with Crippen LogP contribution in [0.15, 0.2) is 12.1 Å². The molecule has 6 nitrogen and oxygen atoms in total. The number of carbonyl (C=O) groups excluding carboxylic acids is 2. The molecule has 136 valence electrons. The van der Waals surface area contributed by atoms with Gasteiger partial charge >= 0.3 is 0 Å². The highest BCUT2D eigenvalue weighted by Gasteiger charge is 2.22. The third-order valence-electron chi connectivity index (χ3n) is 4.88. The van der Waals surface area contributed by atoms with Crippen molar-refractivity contribution in [2.24, 2.45) is 0 Å². The Labute approximate surface area is 149 Å². The molecule has 3 rings (SSSR count). The largest absolute Gasteiger partial charge is 0.370 e. The summed E-state index contributed by atoms with van der Waals surface area (Å²) in [6.45, 7) is 7.00. The molecule has 0 radical (unpaired) electrons. The van der Waals surface area contributed by atoms with Crippen LogP contribution < -0.4 is 20.4 Å². The molecule has 2 saturated heterocycles. The topological polar surface area (TPSA) is 64.7 Å². The van der Waals surface area contributed by atoms with E-state index in [0.29, 0.717) is 0 Å². The Morgan fingerprint density at radius 3 is 1.44 bits per heavy atom. The van der Waals surface area contributed by atoms with Crippen LogP contribution in [-0.2, 0) is 9.59 Å². The van der Waals surface area contributed by atoms with E-state index in [-0.39, 0.29) is 11.8 Å². The predicted molar refractivity (Wildman–Crippen MR) is 103 cm³/mol. The monoisotopic (exact) mass is 344 g/mol. The van der Waals surface area contributed by atoms with Crippen LogP contribution in [0.2, 0.25) is 0 Å². The van der Waals surface area contributed by atoms with Crippen molar-refractivity contribution in [3.63, 3.8) is 0 Å². The molecule has 0 bridgehead atoms. The molecule has 0 atom stereocenters. The molecule has 2 aliphatic heterocycles. The van der Waals surface area contributed by atoms with Gasteiger partial charge in [0.15, 0.2) is 0 Å². The van der Waals surface area contributed by atoms with E-state index >= 15 is 0 Å². The fraction of sp³-hybridized carbons (Fsp3) is 0.579. The van der Waals surface area contributed by atoms with Gasteiger partial charge in [0.1, 0.15) is 0 Å². The second-order valence-corrected chi connectivity index (χ2v) is 6.99. The first kappa shape index (κ1) is 17.6. The van der Waals surface area contributed by atoms with E-state index in [0.717, 1.165) is 74.6 Å². The first-order valence-electron chi connectivity index (χ1n) is 9.28. The van der Waals surface area contributed by atoms with Crippen molar-refractivity contribution in [3.05, 3.63) is 12.1 Å². The zero-order valence-electron chi connectivity index (χ0n) is 15.2. The lowest BCUT2D eigenvalue weighted by Crippen LogP contribution is -2.31. The van der Waals surface area contributed by atoms with Crippen molar-refractivity contribution in [2.75, 3.05) is 46.6 Å². The van der Waals surface area contributed by atoms with E-state index in [1.165, 1.54) is 20.3 Å². The Balaban J connectivity index is 2.04. The van der Waals surface area contributed by atoms with E-state index in [2.05, 4.69) is 20.4 Å². The molecule has 0 spiro atoms. The molecule has 0 saturated carbocycles. The second-order valence-electron chi connectivity index (χ2n) is 6.99. The highest BCUT2D eigenvalue weighted by atomic mass is 16.2. The van der Waals surface area contributed by atoms with E-state index in [4.69, 9.17) is 0 Å². The van der Waals surface area contributed by atoms with Crippen molar-refractivity contribution in [1.29, 1.82) is 0 Å². The van der Waals surface area contributed by atoms with Gasteiger partial charge in [0.2, 0.25) is 11.8 Å². The van der Waals surface area contributed by atoms with E-state index in [1.807, 2.05) is 12.1 Å². The lowest BCUT2D eigenvalue weighted by Gasteiger charge is -2.32. The van der Waals surface area contributed by atoms with Gasteiger partial charge in [-0.05, 0) is 44.2 Å². The maximum atomic E-state index is 11.7. The fourth-order valence-corrected chi connectivity index (χ4v) is 3.77. The summed E-state index contributed by atoms with van der Waals surface area (Å²) in [7, 11) is 0. The molecule has 0 aromatic heterocycles. The molecular formula is C19H28N4O2. The first-order valence-corrected chi connectivity index (χ1v) is 9.28. The van der Waals surface area contributed by atoms with Gasteiger partial charge in [-0.1, -0.05) is 0 Å². The van der Waals surface area contributed by atoms with Crippen LogP contribution in [0, 0.1) is 0 Å². The van der Waals surface area contributed by atoms with Crippen molar-refractivity contribution in [3.8, 4) is 0 Å². The second kappa shape index (κ2) is 7.76. The minimum absolute atomic E-state index is 0.0714. The van der Waals surface area contributed by atoms with Gasteiger partial charge in [-0.3, -0.25) is 9.59 Å². The lowest BCUT2D eigenvalue weighted by atomic mass is 10.1. The maximum absolute atomic E-state index is 11.7. The fourth-order valence-electron chi connectivity index (χ4n) is 3.77. The smallest absolute Gasteiger partial charge is 0.221 e. The highest BCUT2D eigenvalue weighted by Crippen LogP contribution is 2.39. The first-order chi connectivity index (χ1) is 12.0. The number of carbonyl (C=O) groups is 2. The summed E-state index contributed by atoms with van der Waals surface area (Å²) in [5, 5.41) is 5.99. The van der Waals surface area contributed by atoms with Crippen LogP contribution in [0.3, 0.4) is 0 Å². The predicted octanol–water partition coefficient (Wildman–Crippen LogP) is 3.19. The zero-order valence-corrected chi connectivity index (χ0v) is 15.2. The Morgan fingerprint density at radius 1 is 0.720 bits per heavy atom. The normalized spacial score (nSPS) is 17.5. The van der Waals surface area contributed by atoms with Crippen LogP contribution >= 0.6 is 0 Å². The lowest BCUT2D eigenvalue weighted by molar-refractivity contribution is -0.115. The summed E-state index contributed by atoms with van der Waals surface area (Å²) in [6, 6.07) is 4.06. The van der Waals surface area contributed by atoms with Crippen LogP contribution in [0.25, 0.3) is 0 Å².